The summed E-state index contributed by atoms with van der Waals surface area (Å²) in [7, 11) is 2.04. The molecule has 3 N–H and O–H groups in total. The number of benzene rings is 2. The molecule has 0 aliphatic carbocycles. The smallest absolute Gasteiger partial charge is 0.258 e. The minimum absolute atomic E-state index is 0.00134. The van der Waals surface area contributed by atoms with E-state index in [0.29, 0.717) is 18.8 Å². The SMILES string of the molecule is CN1CCN(C(=O)Cn2ncc3cc(N/C=C(\N=N)c4cc5cc(F)c(F)cc5[nH]c4=O)ccc32)CC1. The molecule has 37 heavy (non-hydrogen) atoms. The lowest BCUT2D eigenvalue weighted by molar-refractivity contribution is -0.133. The summed E-state index contributed by atoms with van der Waals surface area (Å²) in [6.07, 6.45) is 3.05. The first kappa shape index (κ1) is 24.3. The highest BCUT2D eigenvalue weighted by Crippen LogP contribution is 2.22. The Morgan fingerprint density at radius 3 is 2.65 bits per heavy atom. The quantitative estimate of drug-likeness (QED) is 0.346. The molecule has 2 aromatic carbocycles. The summed E-state index contributed by atoms with van der Waals surface area (Å²) in [5.41, 5.74) is 8.52. The van der Waals surface area contributed by atoms with Crippen molar-refractivity contribution < 1.29 is 13.6 Å². The van der Waals surface area contributed by atoms with Gasteiger partial charge in [0.05, 0.1) is 22.8 Å². The molecule has 0 unspecified atom stereocenters. The number of hydrogen-bond donors (Lipinski definition) is 3. The van der Waals surface area contributed by atoms with Gasteiger partial charge in [-0.1, -0.05) is 0 Å². The second-order valence-electron chi connectivity index (χ2n) is 8.91. The maximum absolute atomic E-state index is 13.7. The van der Waals surface area contributed by atoms with Crippen LogP contribution >= 0.6 is 0 Å². The van der Waals surface area contributed by atoms with Crippen LogP contribution in [0.4, 0.5) is 14.5 Å². The third kappa shape index (κ3) is 4.96. The highest BCUT2D eigenvalue weighted by molar-refractivity contribution is 5.86. The van der Waals surface area contributed by atoms with E-state index in [1.165, 1.54) is 12.3 Å². The van der Waals surface area contributed by atoms with Gasteiger partial charge in [0.25, 0.3) is 5.56 Å². The molecule has 190 valence electrons. The number of fused-ring (bicyclic) bond motifs is 2. The highest BCUT2D eigenvalue weighted by Gasteiger charge is 2.20. The van der Waals surface area contributed by atoms with E-state index in [4.69, 9.17) is 5.53 Å². The Balaban J connectivity index is 1.35. The van der Waals surface area contributed by atoms with Crippen LogP contribution in [0.5, 0.6) is 0 Å². The van der Waals surface area contributed by atoms with Gasteiger partial charge in [0.2, 0.25) is 5.91 Å². The zero-order valence-corrected chi connectivity index (χ0v) is 20.0. The first-order valence-corrected chi connectivity index (χ1v) is 11.6. The molecule has 10 nitrogen and oxygen atoms in total. The molecule has 5 rings (SSSR count). The van der Waals surface area contributed by atoms with Crippen LogP contribution in [0.1, 0.15) is 5.56 Å². The largest absolute Gasteiger partial charge is 0.360 e. The predicted octanol–water partition coefficient (Wildman–Crippen LogP) is 3.37. The van der Waals surface area contributed by atoms with E-state index in [-0.39, 0.29) is 34.6 Å². The summed E-state index contributed by atoms with van der Waals surface area (Å²) in [6.45, 7) is 3.24. The Bertz CT molecular complexity index is 1600. The second kappa shape index (κ2) is 9.90. The van der Waals surface area contributed by atoms with Crippen LogP contribution in [0.25, 0.3) is 27.5 Å². The van der Waals surface area contributed by atoms with Crippen LogP contribution in [0.3, 0.4) is 0 Å². The van der Waals surface area contributed by atoms with Gasteiger partial charge in [0.15, 0.2) is 11.6 Å². The Kier molecular flexibility index (Phi) is 6.49. The lowest BCUT2D eigenvalue weighted by Gasteiger charge is -2.32. The van der Waals surface area contributed by atoms with Crippen molar-refractivity contribution in [3.8, 4) is 0 Å². The predicted molar refractivity (Wildman–Crippen MR) is 135 cm³/mol. The molecule has 0 bridgehead atoms. The summed E-state index contributed by atoms with van der Waals surface area (Å²) in [5.74, 6) is -2.09. The fraction of sp³-hybridized carbons (Fsp3) is 0.240. The summed E-state index contributed by atoms with van der Waals surface area (Å²) in [5, 5.41) is 11.9. The number of carbonyl (C=O) groups excluding carboxylic acids is 1. The fourth-order valence-electron chi connectivity index (χ4n) is 4.30. The summed E-state index contributed by atoms with van der Waals surface area (Å²) in [4.78, 5) is 31.7. The normalized spacial score (nSPS) is 14.9. The van der Waals surface area contributed by atoms with E-state index in [1.54, 1.807) is 16.9 Å². The Morgan fingerprint density at radius 2 is 1.89 bits per heavy atom. The number of pyridine rings is 1. The molecule has 1 aliphatic rings. The molecule has 2 aromatic heterocycles. The van der Waals surface area contributed by atoms with Crippen molar-refractivity contribution in [1.29, 1.82) is 5.53 Å². The fourth-order valence-corrected chi connectivity index (χ4v) is 4.30. The van der Waals surface area contributed by atoms with Crippen LogP contribution in [0, 0.1) is 17.2 Å². The van der Waals surface area contributed by atoms with Gasteiger partial charge in [-0.3, -0.25) is 14.3 Å². The number of piperazine rings is 1. The molecular weight excluding hydrogens is 482 g/mol. The average molecular weight is 507 g/mol. The van der Waals surface area contributed by atoms with Crippen LogP contribution in [0.2, 0.25) is 0 Å². The highest BCUT2D eigenvalue weighted by atomic mass is 19.2. The van der Waals surface area contributed by atoms with Gasteiger partial charge in [-0.15, -0.1) is 0 Å². The number of halogens is 2. The molecule has 1 fully saturated rings. The number of aromatic amines is 1. The first-order valence-electron chi connectivity index (χ1n) is 11.6. The van der Waals surface area contributed by atoms with Gasteiger partial charge in [-0.05, 0) is 37.4 Å². The molecular formula is C25H24F2N8O2. The second-order valence-corrected chi connectivity index (χ2v) is 8.91. The van der Waals surface area contributed by atoms with Crippen molar-refractivity contribution in [3.05, 3.63) is 76.3 Å². The van der Waals surface area contributed by atoms with Gasteiger partial charge in [-0.2, -0.15) is 10.2 Å². The first-order chi connectivity index (χ1) is 17.8. The third-order valence-electron chi connectivity index (χ3n) is 6.44. The van der Waals surface area contributed by atoms with Crippen molar-refractivity contribution in [2.45, 2.75) is 6.54 Å². The van der Waals surface area contributed by atoms with Crippen molar-refractivity contribution in [2.75, 3.05) is 38.5 Å². The number of anilines is 1. The molecule has 0 radical (unpaired) electrons. The molecule has 3 heterocycles. The molecule has 0 spiro atoms. The maximum Gasteiger partial charge on any atom is 0.258 e. The number of carbonyl (C=O) groups is 1. The number of likely N-dealkylation sites (N-methyl/N-ethyl adjacent to an activating group) is 1. The van der Waals surface area contributed by atoms with Crippen LogP contribution in [0.15, 0.2) is 58.7 Å². The number of aromatic nitrogens is 3. The van der Waals surface area contributed by atoms with Crippen molar-refractivity contribution >= 4 is 39.1 Å². The molecule has 1 saturated heterocycles. The van der Waals surface area contributed by atoms with Gasteiger partial charge in [0.1, 0.15) is 12.2 Å². The van der Waals surface area contributed by atoms with Crippen molar-refractivity contribution in [1.82, 2.24) is 24.6 Å². The molecule has 12 heteroatoms. The lowest BCUT2D eigenvalue weighted by atomic mass is 10.1. The van der Waals surface area contributed by atoms with E-state index < -0.39 is 17.2 Å². The zero-order valence-electron chi connectivity index (χ0n) is 20.0. The van der Waals surface area contributed by atoms with E-state index in [0.717, 1.165) is 36.1 Å². The number of nitrogens with one attached hydrogen (secondary N) is 3. The van der Waals surface area contributed by atoms with Gasteiger partial charge in [0, 0.05) is 54.9 Å². The lowest BCUT2D eigenvalue weighted by Crippen LogP contribution is -2.48. The van der Waals surface area contributed by atoms with Gasteiger partial charge >= 0.3 is 0 Å². The number of rotatable bonds is 6. The third-order valence-corrected chi connectivity index (χ3v) is 6.44. The van der Waals surface area contributed by atoms with E-state index in [1.807, 2.05) is 24.1 Å². The standard InChI is InChI=1S/C25H24F2N8O2/c1-33-4-6-34(7-5-33)24(36)14-35-23-3-2-17(8-16(23)12-30-35)29-13-22(32-28)18-9-15-10-19(26)20(27)11-21(15)31-25(18)37/h2-3,8-13,28-29H,4-7,14H2,1H3,(H,31,37)/b22-13-,32-28?. The van der Waals surface area contributed by atoms with Crippen LogP contribution in [-0.2, 0) is 11.3 Å². The Hall–Kier alpha value is -4.45. The van der Waals surface area contributed by atoms with E-state index in [9.17, 15) is 18.4 Å². The Morgan fingerprint density at radius 1 is 1.14 bits per heavy atom. The van der Waals surface area contributed by atoms with E-state index >= 15 is 0 Å². The van der Waals surface area contributed by atoms with E-state index in [2.05, 4.69) is 25.4 Å². The van der Waals surface area contributed by atoms with Crippen molar-refractivity contribution in [2.24, 2.45) is 5.11 Å². The summed E-state index contributed by atoms with van der Waals surface area (Å²) >= 11 is 0. The monoisotopic (exact) mass is 506 g/mol. The molecule has 1 aliphatic heterocycles. The van der Waals surface area contributed by atoms with Gasteiger partial charge in [-0.25, -0.2) is 14.3 Å². The molecule has 0 atom stereocenters. The topological polar surface area (TPSA) is 122 Å². The molecule has 0 saturated carbocycles. The summed E-state index contributed by atoms with van der Waals surface area (Å²) < 4.78 is 28.8. The molecule has 4 aromatic rings. The van der Waals surface area contributed by atoms with Crippen LogP contribution in [-0.4, -0.2) is 63.7 Å². The Labute approximate surface area is 209 Å². The molecule has 1 amide bonds. The number of hydrogen-bond acceptors (Lipinski definition) is 7. The van der Waals surface area contributed by atoms with Crippen LogP contribution < -0.4 is 10.9 Å². The number of H-pyrrole nitrogens is 1. The average Bonchev–Trinajstić information content (AvgIpc) is 3.28. The maximum atomic E-state index is 13.7. The van der Waals surface area contributed by atoms with Crippen molar-refractivity contribution in [3.63, 3.8) is 0 Å². The number of amides is 1. The minimum atomic E-state index is -1.07. The number of nitrogens with zero attached hydrogens (tertiary/aromatic N) is 5. The summed E-state index contributed by atoms with van der Waals surface area (Å²) in [6, 6.07) is 8.66. The minimum Gasteiger partial charge on any atom is -0.360 e. The zero-order chi connectivity index (χ0) is 26.1. The van der Waals surface area contributed by atoms with Gasteiger partial charge < -0.3 is 20.1 Å².